The van der Waals surface area contributed by atoms with Crippen LogP contribution in [0.4, 0.5) is 5.69 Å². The minimum Gasteiger partial charge on any atom is -0.493 e. The van der Waals surface area contributed by atoms with Crippen LogP contribution in [0.1, 0.15) is 0 Å². The summed E-state index contributed by atoms with van der Waals surface area (Å²) in [5.41, 5.74) is 6.12. The predicted molar refractivity (Wildman–Crippen MR) is 80.5 cm³/mol. The van der Waals surface area contributed by atoms with E-state index in [9.17, 15) is 0 Å². The van der Waals surface area contributed by atoms with Crippen molar-refractivity contribution in [3.8, 4) is 23.0 Å². The molecule has 4 nitrogen and oxygen atoms in total. The highest BCUT2D eigenvalue weighted by atomic mass is 35.5. The van der Waals surface area contributed by atoms with Gasteiger partial charge in [0, 0.05) is 5.69 Å². The molecule has 0 aliphatic carbocycles. The third kappa shape index (κ3) is 2.86. The number of ether oxygens (including phenoxy) is 3. The van der Waals surface area contributed by atoms with Gasteiger partial charge in [0.25, 0.3) is 0 Å². The van der Waals surface area contributed by atoms with Crippen LogP contribution >= 0.6 is 23.2 Å². The molecule has 2 rings (SSSR count). The number of halogens is 2. The fourth-order valence-electron chi connectivity index (χ4n) is 1.70. The first-order chi connectivity index (χ1) is 9.56. The van der Waals surface area contributed by atoms with Crippen molar-refractivity contribution in [2.75, 3.05) is 20.0 Å². The summed E-state index contributed by atoms with van der Waals surface area (Å²) in [5.74, 6) is 1.71. The molecule has 0 fully saturated rings. The van der Waals surface area contributed by atoms with Gasteiger partial charge in [-0.25, -0.2) is 0 Å². The largest absolute Gasteiger partial charge is 0.493 e. The Bertz CT molecular complexity index is 587. The van der Waals surface area contributed by atoms with E-state index in [-0.39, 0.29) is 0 Å². The number of rotatable bonds is 4. The smallest absolute Gasteiger partial charge is 0.211 e. The van der Waals surface area contributed by atoms with Gasteiger partial charge in [0.1, 0.15) is 0 Å². The molecular formula is C14H13Cl2NO3. The molecule has 106 valence electrons. The molecule has 0 aliphatic rings. The van der Waals surface area contributed by atoms with Crippen LogP contribution < -0.4 is 19.9 Å². The number of nitrogens with two attached hydrogens (primary N) is 1. The number of hydrogen-bond acceptors (Lipinski definition) is 4. The molecule has 2 aromatic carbocycles. The second-order valence-corrected chi connectivity index (χ2v) is 4.72. The van der Waals surface area contributed by atoms with Gasteiger partial charge in [-0.2, -0.15) is 0 Å². The van der Waals surface area contributed by atoms with E-state index in [4.69, 9.17) is 43.1 Å². The normalized spacial score (nSPS) is 10.2. The highest BCUT2D eigenvalue weighted by Crippen LogP contribution is 2.44. The lowest BCUT2D eigenvalue weighted by Crippen LogP contribution is -1.96. The second kappa shape index (κ2) is 6.11. The summed E-state index contributed by atoms with van der Waals surface area (Å²) in [7, 11) is 3.07. The molecule has 0 saturated heterocycles. The first-order valence-electron chi connectivity index (χ1n) is 5.70. The van der Waals surface area contributed by atoms with Gasteiger partial charge in [-0.05, 0) is 24.3 Å². The van der Waals surface area contributed by atoms with Crippen LogP contribution in [-0.2, 0) is 0 Å². The van der Waals surface area contributed by atoms with Crippen LogP contribution in [0, 0.1) is 0 Å². The fourth-order valence-corrected chi connectivity index (χ4v) is 2.28. The van der Waals surface area contributed by atoms with Crippen molar-refractivity contribution < 1.29 is 14.2 Å². The lowest BCUT2D eigenvalue weighted by atomic mass is 10.2. The van der Waals surface area contributed by atoms with Gasteiger partial charge in [0.15, 0.2) is 17.2 Å². The van der Waals surface area contributed by atoms with Gasteiger partial charge in [-0.3, -0.25) is 0 Å². The van der Waals surface area contributed by atoms with E-state index in [1.807, 2.05) is 0 Å². The number of para-hydroxylation sites is 1. The maximum absolute atomic E-state index is 6.10. The SMILES string of the molecule is COc1cccc(OC)c1Oc1c(Cl)cc(N)cc1Cl. The maximum Gasteiger partial charge on any atom is 0.211 e. The molecule has 0 atom stereocenters. The van der Waals surface area contributed by atoms with Gasteiger partial charge in [0.2, 0.25) is 5.75 Å². The molecule has 20 heavy (non-hydrogen) atoms. The summed E-state index contributed by atoms with van der Waals surface area (Å²) in [6.07, 6.45) is 0. The van der Waals surface area contributed by atoms with Crippen molar-refractivity contribution >= 4 is 28.9 Å². The monoisotopic (exact) mass is 313 g/mol. The van der Waals surface area contributed by atoms with Crippen molar-refractivity contribution in [2.24, 2.45) is 0 Å². The first kappa shape index (κ1) is 14.6. The van der Waals surface area contributed by atoms with Crippen LogP contribution in [0.2, 0.25) is 10.0 Å². The number of hydrogen-bond donors (Lipinski definition) is 1. The Kier molecular flexibility index (Phi) is 4.47. The van der Waals surface area contributed by atoms with Gasteiger partial charge in [-0.1, -0.05) is 29.3 Å². The maximum atomic E-state index is 6.10. The van der Waals surface area contributed by atoms with Crippen LogP contribution in [0.3, 0.4) is 0 Å². The molecule has 0 aromatic heterocycles. The minimum absolute atomic E-state index is 0.297. The van der Waals surface area contributed by atoms with Gasteiger partial charge >= 0.3 is 0 Å². The topological polar surface area (TPSA) is 53.7 Å². The van der Waals surface area contributed by atoms with Crippen molar-refractivity contribution in [1.82, 2.24) is 0 Å². The summed E-state index contributed by atoms with van der Waals surface area (Å²) in [6, 6.07) is 8.40. The van der Waals surface area contributed by atoms with Crippen molar-refractivity contribution in [1.29, 1.82) is 0 Å². The lowest BCUT2D eigenvalue weighted by molar-refractivity contribution is 0.346. The lowest BCUT2D eigenvalue weighted by Gasteiger charge is -2.15. The van der Waals surface area contributed by atoms with E-state index in [2.05, 4.69) is 0 Å². The van der Waals surface area contributed by atoms with E-state index >= 15 is 0 Å². The summed E-state index contributed by atoms with van der Waals surface area (Å²) in [5, 5.41) is 0.617. The van der Waals surface area contributed by atoms with E-state index < -0.39 is 0 Å². The standard InChI is InChI=1S/C14H13Cl2NO3/c1-18-11-4-3-5-12(19-2)14(11)20-13-9(15)6-8(17)7-10(13)16/h3-7H,17H2,1-2H3. The van der Waals surface area contributed by atoms with E-state index in [0.29, 0.717) is 38.7 Å². The number of benzene rings is 2. The third-order valence-electron chi connectivity index (χ3n) is 2.61. The number of methoxy groups -OCH3 is 2. The van der Waals surface area contributed by atoms with Gasteiger partial charge in [-0.15, -0.1) is 0 Å². The Balaban J connectivity index is 2.50. The Hall–Kier alpha value is -1.78. The summed E-state index contributed by atoms with van der Waals surface area (Å²) in [4.78, 5) is 0. The summed E-state index contributed by atoms with van der Waals surface area (Å²) >= 11 is 12.2. The molecule has 0 saturated carbocycles. The molecule has 0 unspecified atom stereocenters. The van der Waals surface area contributed by atoms with E-state index in [1.54, 1.807) is 30.3 Å². The Labute approximate surface area is 127 Å². The van der Waals surface area contributed by atoms with Gasteiger partial charge < -0.3 is 19.9 Å². The predicted octanol–water partition coefficient (Wildman–Crippen LogP) is 4.39. The quantitative estimate of drug-likeness (QED) is 0.851. The molecule has 0 heterocycles. The molecule has 6 heteroatoms. The Morgan fingerprint density at radius 3 is 1.85 bits per heavy atom. The molecule has 2 aromatic rings. The highest BCUT2D eigenvalue weighted by Gasteiger charge is 2.16. The van der Waals surface area contributed by atoms with Crippen molar-refractivity contribution in [2.45, 2.75) is 0 Å². The van der Waals surface area contributed by atoms with Crippen LogP contribution in [-0.4, -0.2) is 14.2 Å². The molecule has 0 radical (unpaired) electrons. The molecular weight excluding hydrogens is 301 g/mol. The molecule has 0 aliphatic heterocycles. The number of anilines is 1. The molecule has 0 amide bonds. The fraction of sp³-hybridized carbons (Fsp3) is 0.143. The first-order valence-corrected chi connectivity index (χ1v) is 6.45. The van der Waals surface area contributed by atoms with Crippen molar-refractivity contribution in [3.05, 3.63) is 40.4 Å². The molecule has 2 N–H and O–H groups in total. The Morgan fingerprint density at radius 1 is 0.900 bits per heavy atom. The van der Waals surface area contributed by atoms with E-state index in [1.165, 1.54) is 14.2 Å². The Morgan fingerprint density at radius 2 is 1.40 bits per heavy atom. The average Bonchev–Trinajstić information content (AvgIpc) is 2.42. The van der Waals surface area contributed by atoms with Crippen LogP contribution in [0.5, 0.6) is 23.0 Å². The summed E-state index contributed by atoms with van der Waals surface area (Å²) in [6.45, 7) is 0. The third-order valence-corrected chi connectivity index (χ3v) is 3.17. The van der Waals surface area contributed by atoms with Gasteiger partial charge in [0.05, 0.1) is 24.3 Å². The van der Waals surface area contributed by atoms with E-state index in [0.717, 1.165) is 0 Å². The van der Waals surface area contributed by atoms with Crippen LogP contribution in [0.25, 0.3) is 0 Å². The van der Waals surface area contributed by atoms with Crippen LogP contribution in [0.15, 0.2) is 30.3 Å². The second-order valence-electron chi connectivity index (χ2n) is 3.91. The average molecular weight is 314 g/mol. The zero-order valence-electron chi connectivity index (χ0n) is 10.9. The zero-order chi connectivity index (χ0) is 14.7. The minimum atomic E-state index is 0.297. The molecule has 0 bridgehead atoms. The zero-order valence-corrected chi connectivity index (χ0v) is 12.5. The van der Waals surface area contributed by atoms with Crippen molar-refractivity contribution in [3.63, 3.8) is 0 Å². The highest BCUT2D eigenvalue weighted by molar-refractivity contribution is 6.37. The number of nitrogen functional groups attached to an aromatic ring is 1. The molecule has 0 spiro atoms. The summed E-state index contributed by atoms with van der Waals surface area (Å²) < 4.78 is 16.3.